The first-order valence-electron chi connectivity index (χ1n) is 9.22. The van der Waals surface area contributed by atoms with E-state index in [0.29, 0.717) is 29.5 Å². The quantitative estimate of drug-likeness (QED) is 0.527. The molecule has 0 saturated carbocycles. The lowest BCUT2D eigenvalue weighted by Crippen LogP contribution is -2.32. The molecule has 0 aliphatic rings. The number of hydrogen-bond donors (Lipinski definition) is 1. The number of thioether (sulfide) groups is 1. The van der Waals surface area contributed by atoms with Crippen LogP contribution in [0.2, 0.25) is 0 Å². The van der Waals surface area contributed by atoms with Crippen molar-refractivity contribution in [2.75, 3.05) is 5.75 Å². The van der Waals surface area contributed by atoms with E-state index in [-0.39, 0.29) is 11.9 Å². The first-order valence-corrected chi connectivity index (χ1v) is 10.6. The van der Waals surface area contributed by atoms with Crippen molar-refractivity contribution >= 4 is 29.3 Å². The molecular formula is C21H24ClN5OS. The number of carbonyl (C=O) groups excluding carboxylic acids is 1. The third-order valence-corrected chi connectivity index (χ3v) is 5.81. The van der Waals surface area contributed by atoms with Crippen LogP contribution in [0, 0.1) is 0 Å². The van der Waals surface area contributed by atoms with Crippen LogP contribution in [-0.2, 0) is 31.7 Å². The van der Waals surface area contributed by atoms with Gasteiger partial charge in [0.05, 0.1) is 12.5 Å². The summed E-state index contributed by atoms with van der Waals surface area (Å²) in [5.74, 6) is 1.21. The number of carbonyl (C=O) groups is 1. The number of nitrogens with one attached hydrogen (secondary N) is 1. The minimum absolute atomic E-state index is 0.0523. The van der Waals surface area contributed by atoms with Gasteiger partial charge in [-0.25, -0.2) is 0 Å². The largest absolute Gasteiger partial charge is 0.357 e. The maximum absolute atomic E-state index is 12.7. The summed E-state index contributed by atoms with van der Waals surface area (Å²) in [5, 5.41) is 13.0. The Bertz CT molecular complexity index is 982. The summed E-state index contributed by atoms with van der Waals surface area (Å²) in [5.41, 5.74) is 2.09. The van der Waals surface area contributed by atoms with E-state index in [4.69, 9.17) is 11.6 Å². The van der Waals surface area contributed by atoms with E-state index in [1.807, 2.05) is 72.0 Å². The Morgan fingerprint density at radius 1 is 1.21 bits per heavy atom. The molecule has 1 unspecified atom stereocenters. The lowest BCUT2D eigenvalue weighted by Gasteiger charge is -2.18. The molecule has 8 heteroatoms. The average molecular weight is 430 g/mol. The molecule has 2 aromatic heterocycles. The minimum Gasteiger partial charge on any atom is -0.357 e. The number of aromatic nitrogens is 4. The molecule has 0 aliphatic heterocycles. The van der Waals surface area contributed by atoms with Gasteiger partial charge in [0.25, 0.3) is 0 Å². The number of aryl methyl sites for hydroxylation is 1. The molecule has 1 amide bonds. The fraction of sp³-hybridized carbons (Fsp3) is 0.286. The summed E-state index contributed by atoms with van der Waals surface area (Å²) in [6, 6.07) is 11.7. The molecule has 0 spiro atoms. The number of nitrogens with zero attached hydrogens (tertiary/aromatic N) is 4. The molecule has 0 aliphatic carbocycles. The predicted octanol–water partition coefficient (Wildman–Crippen LogP) is 3.64. The van der Waals surface area contributed by atoms with Crippen LogP contribution in [0.4, 0.5) is 0 Å². The first-order chi connectivity index (χ1) is 13.9. The van der Waals surface area contributed by atoms with Gasteiger partial charge in [0.2, 0.25) is 5.91 Å². The highest BCUT2D eigenvalue weighted by Crippen LogP contribution is 2.24. The van der Waals surface area contributed by atoms with Crippen molar-refractivity contribution in [3.8, 4) is 0 Å². The summed E-state index contributed by atoms with van der Waals surface area (Å²) in [4.78, 5) is 12.7. The van der Waals surface area contributed by atoms with Crippen molar-refractivity contribution in [2.45, 2.75) is 24.0 Å². The number of halogens is 1. The van der Waals surface area contributed by atoms with Gasteiger partial charge < -0.3 is 14.5 Å². The number of amides is 1. The van der Waals surface area contributed by atoms with Gasteiger partial charge in [0.1, 0.15) is 0 Å². The molecule has 152 valence electrons. The van der Waals surface area contributed by atoms with Gasteiger partial charge in [0.15, 0.2) is 11.0 Å². The Morgan fingerprint density at radius 3 is 2.62 bits per heavy atom. The molecule has 0 fully saturated rings. The van der Waals surface area contributed by atoms with Crippen molar-refractivity contribution in [3.63, 3.8) is 0 Å². The second kappa shape index (κ2) is 9.80. The van der Waals surface area contributed by atoms with Gasteiger partial charge in [-0.15, -0.1) is 10.2 Å². The van der Waals surface area contributed by atoms with Crippen LogP contribution in [0.1, 0.15) is 23.0 Å². The normalized spacial score (nSPS) is 12.0. The predicted molar refractivity (Wildman–Crippen MR) is 117 cm³/mol. The number of hydrogen-bond acceptors (Lipinski definition) is 4. The highest BCUT2D eigenvalue weighted by Gasteiger charge is 2.22. The molecule has 1 N–H and O–H groups in total. The third kappa shape index (κ3) is 5.98. The Hall–Kier alpha value is -2.51. The summed E-state index contributed by atoms with van der Waals surface area (Å²) < 4.78 is 3.84. The fourth-order valence-electron chi connectivity index (χ4n) is 3.05. The van der Waals surface area contributed by atoms with Crippen LogP contribution < -0.4 is 5.32 Å². The van der Waals surface area contributed by atoms with Crippen LogP contribution in [0.5, 0.6) is 0 Å². The molecule has 3 rings (SSSR count). The van der Waals surface area contributed by atoms with E-state index in [2.05, 4.69) is 22.1 Å². The van der Waals surface area contributed by atoms with Crippen molar-refractivity contribution in [3.05, 3.63) is 77.4 Å². The smallest absolute Gasteiger partial charge is 0.225 e. The summed E-state index contributed by atoms with van der Waals surface area (Å²) in [6.45, 7) is 3.71. The van der Waals surface area contributed by atoms with Gasteiger partial charge in [-0.1, -0.05) is 60.3 Å². The second-order valence-corrected chi connectivity index (χ2v) is 8.35. The molecule has 1 aromatic carbocycles. The average Bonchev–Trinajstić information content (AvgIpc) is 3.25. The minimum atomic E-state index is -0.292. The summed E-state index contributed by atoms with van der Waals surface area (Å²) in [6.07, 6.45) is 4.82. The van der Waals surface area contributed by atoms with Crippen LogP contribution in [0.25, 0.3) is 0 Å². The zero-order chi connectivity index (χ0) is 20.8. The molecule has 1 atom stereocenters. The zero-order valence-corrected chi connectivity index (χ0v) is 18.1. The Balaban J connectivity index is 1.79. The molecule has 0 radical (unpaired) electrons. The Kier molecular flexibility index (Phi) is 7.17. The van der Waals surface area contributed by atoms with Crippen molar-refractivity contribution in [2.24, 2.45) is 14.1 Å². The SMILES string of the molecule is C=C(Cl)CSc1nnc(C(Cc2ccccc2)NC(=O)Cc2ccn(C)c2)n1C. The third-order valence-electron chi connectivity index (χ3n) is 4.41. The van der Waals surface area contributed by atoms with E-state index >= 15 is 0 Å². The monoisotopic (exact) mass is 429 g/mol. The van der Waals surface area contributed by atoms with Gasteiger partial charge in [-0.05, 0) is 23.6 Å². The second-order valence-electron chi connectivity index (χ2n) is 6.88. The van der Waals surface area contributed by atoms with E-state index in [0.717, 1.165) is 16.3 Å². The van der Waals surface area contributed by atoms with Crippen LogP contribution in [0.15, 0.2) is 65.6 Å². The highest BCUT2D eigenvalue weighted by atomic mass is 35.5. The number of rotatable bonds is 9. The van der Waals surface area contributed by atoms with Crippen LogP contribution >= 0.6 is 23.4 Å². The van der Waals surface area contributed by atoms with E-state index < -0.39 is 0 Å². The van der Waals surface area contributed by atoms with E-state index in [1.54, 1.807) is 0 Å². The van der Waals surface area contributed by atoms with Gasteiger partial charge >= 0.3 is 0 Å². The van der Waals surface area contributed by atoms with Crippen molar-refractivity contribution in [1.29, 1.82) is 0 Å². The Morgan fingerprint density at radius 2 is 1.97 bits per heavy atom. The molecule has 0 saturated heterocycles. The van der Waals surface area contributed by atoms with Gasteiger partial charge in [-0.3, -0.25) is 4.79 Å². The van der Waals surface area contributed by atoms with Gasteiger partial charge in [-0.2, -0.15) is 0 Å². The summed E-state index contributed by atoms with van der Waals surface area (Å²) >= 11 is 7.34. The van der Waals surface area contributed by atoms with Crippen LogP contribution in [0.3, 0.4) is 0 Å². The zero-order valence-electron chi connectivity index (χ0n) is 16.5. The lowest BCUT2D eigenvalue weighted by molar-refractivity contribution is -0.121. The Labute approximate surface area is 180 Å². The first kappa shape index (κ1) is 21.2. The van der Waals surface area contributed by atoms with E-state index in [1.165, 1.54) is 11.8 Å². The maximum atomic E-state index is 12.7. The molecular weight excluding hydrogens is 406 g/mol. The molecule has 2 heterocycles. The van der Waals surface area contributed by atoms with Crippen molar-refractivity contribution < 1.29 is 4.79 Å². The van der Waals surface area contributed by atoms with E-state index in [9.17, 15) is 4.79 Å². The lowest BCUT2D eigenvalue weighted by atomic mass is 10.0. The fourth-order valence-corrected chi connectivity index (χ4v) is 3.89. The molecule has 0 bridgehead atoms. The highest BCUT2D eigenvalue weighted by molar-refractivity contribution is 7.99. The topological polar surface area (TPSA) is 64.7 Å². The van der Waals surface area contributed by atoms with Gasteiger partial charge in [0, 0.05) is 37.3 Å². The number of benzene rings is 1. The van der Waals surface area contributed by atoms with Crippen molar-refractivity contribution in [1.82, 2.24) is 24.6 Å². The molecule has 29 heavy (non-hydrogen) atoms. The molecule has 3 aromatic rings. The van der Waals surface area contributed by atoms with Crippen LogP contribution in [-0.4, -0.2) is 31.0 Å². The standard InChI is InChI=1S/C21H24ClN5OS/c1-15(22)14-29-21-25-24-20(27(21)3)18(11-16-7-5-4-6-8-16)23-19(28)12-17-9-10-26(2)13-17/h4-10,13,18H,1,11-12,14H2,2-3H3,(H,23,28). The molecule has 6 nitrogen and oxygen atoms in total. The summed E-state index contributed by atoms with van der Waals surface area (Å²) in [7, 11) is 3.84. The maximum Gasteiger partial charge on any atom is 0.225 e.